The molecule has 0 saturated heterocycles. The minimum atomic E-state index is -0.523. The summed E-state index contributed by atoms with van der Waals surface area (Å²) < 4.78 is 14.1. The lowest BCUT2D eigenvalue weighted by Gasteiger charge is -2.38. The Morgan fingerprint density at radius 1 is 1.53 bits per heavy atom. The van der Waals surface area contributed by atoms with Gasteiger partial charge in [-0.05, 0) is 37.5 Å². The van der Waals surface area contributed by atoms with Crippen LogP contribution < -0.4 is 11.1 Å². The van der Waals surface area contributed by atoms with E-state index in [0.29, 0.717) is 11.0 Å². The molecule has 2 rings (SSSR count). The zero-order valence-corrected chi connectivity index (χ0v) is 10.9. The molecule has 3 N–H and O–H groups in total. The molecule has 1 aromatic rings. The number of halogens is 2. The highest BCUT2D eigenvalue weighted by atomic mass is 79.9. The van der Waals surface area contributed by atoms with Gasteiger partial charge in [-0.1, -0.05) is 15.9 Å². The average Bonchev–Trinajstić information content (AvgIpc) is 2.26. The Bertz CT molecular complexity index is 446. The zero-order valence-electron chi connectivity index (χ0n) is 9.30. The lowest BCUT2D eigenvalue weighted by molar-refractivity contribution is 0.0925. The van der Waals surface area contributed by atoms with Gasteiger partial charge < -0.3 is 11.1 Å². The Hall–Kier alpha value is -0.940. The molecule has 17 heavy (non-hydrogen) atoms. The van der Waals surface area contributed by atoms with Crippen molar-refractivity contribution in [1.29, 1.82) is 0 Å². The number of rotatable bonds is 3. The van der Waals surface area contributed by atoms with Crippen molar-refractivity contribution < 1.29 is 9.18 Å². The molecule has 92 valence electrons. The average molecular weight is 301 g/mol. The molecule has 1 amide bonds. The smallest absolute Gasteiger partial charge is 0.254 e. The van der Waals surface area contributed by atoms with E-state index in [9.17, 15) is 9.18 Å². The number of benzene rings is 1. The van der Waals surface area contributed by atoms with Crippen LogP contribution in [0.2, 0.25) is 0 Å². The summed E-state index contributed by atoms with van der Waals surface area (Å²) >= 11 is 3.21. The summed E-state index contributed by atoms with van der Waals surface area (Å²) in [7, 11) is 0. The number of hydrogen-bond acceptors (Lipinski definition) is 2. The predicted molar refractivity (Wildman–Crippen MR) is 67.2 cm³/mol. The molecule has 5 heteroatoms. The Morgan fingerprint density at radius 3 is 2.82 bits per heavy atom. The topological polar surface area (TPSA) is 55.1 Å². The van der Waals surface area contributed by atoms with E-state index in [-0.39, 0.29) is 11.1 Å². The van der Waals surface area contributed by atoms with E-state index in [0.717, 1.165) is 19.3 Å². The van der Waals surface area contributed by atoms with Crippen molar-refractivity contribution >= 4 is 21.8 Å². The van der Waals surface area contributed by atoms with Crippen LogP contribution >= 0.6 is 15.9 Å². The zero-order chi connectivity index (χ0) is 12.5. The van der Waals surface area contributed by atoms with Crippen LogP contribution in [-0.2, 0) is 0 Å². The van der Waals surface area contributed by atoms with Crippen LogP contribution in [0.3, 0.4) is 0 Å². The predicted octanol–water partition coefficient (Wildman–Crippen LogP) is 2.20. The lowest BCUT2D eigenvalue weighted by Crippen LogP contribution is -2.55. The van der Waals surface area contributed by atoms with E-state index in [4.69, 9.17) is 5.73 Å². The van der Waals surface area contributed by atoms with Crippen LogP contribution in [0.1, 0.15) is 29.6 Å². The van der Waals surface area contributed by atoms with Gasteiger partial charge in [0.1, 0.15) is 5.82 Å². The van der Waals surface area contributed by atoms with Crippen LogP contribution in [0, 0.1) is 5.82 Å². The first-order valence-corrected chi connectivity index (χ1v) is 6.32. The van der Waals surface area contributed by atoms with Crippen molar-refractivity contribution in [3.05, 3.63) is 34.1 Å². The fourth-order valence-electron chi connectivity index (χ4n) is 1.83. The van der Waals surface area contributed by atoms with E-state index >= 15 is 0 Å². The molecule has 1 saturated carbocycles. The highest BCUT2D eigenvalue weighted by Crippen LogP contribution is 2.28. The van der Waals surface area contributed by atoms with Crippen LogP contribution in [0.15, 0.2) is 22.7 Å². The van der Waals surface area contributed by atoms with Crippen molar-refractivity contribution in [2.75, 3.05) is 6.54 Å². The van der Waals surface area contributed by atoms with Crippen molar-refractivity contribution in [3.63, 3.8) is 0 Å². The SMILES string of the molecule is NC1(CNC(=O)c2cc(Br)ccc2F)CCC1. The van der Waals surface area contributed by atoms with Gasteiger partial charge in [0.05, 0.1) is 5.56 Å². The van der Waals surface area contributed by atoms with Gasteiger partial charge in [-0.15, -0.1) is 0 Å². The first-order valence-electron chi connectivity index (χ1n) is 5.52. The first-order chi connectivity index (χ1) is 8.00. The van der Waals surface area contributed by atoms with Gasteiger partial charge in [-0.2, -0.15) is 0 Å². The van der Waals surface area contributed by atoms with Gasteiger partial charge in [0.2, 0.25) is 0 Å². The summed E-state index contributed by atoms with van der Waals surface area (Å²) in [6.45, 7) is 0.401. The maximum absolute atomic E-state index is 13.4. The van der Waals surface area contributed by atoms with Gasteiger partial charge in [-0.3, -0.25) is 4.79 Å². The summed E-state index contributed by atoms with van der Waals surface area (Å²) in [6.07, 6.45) is 2.92. The molecule has 0 aliphatic heterocycles. The molecule has 1 fully saturated rings. The molecular weight excluding hydrogens is 287 g/mol. The van der Waals surface area contributed by atoms with Crippen LogP contribution in [-0.4, -0.2) is 18.0 Å². The van der Waals surface area contributed by atoms with Crippen molar-refractivity contribution in [1.82, 2.24) is 5.32 Å². The van der Waals surface area contributed by atoms with Gasteiger partial charge in [-0.25, -0.2) is 4.39 Å². The normalized spacial score (nSPS) is 17.4. The summed E-state index contributed by atoms with van der Waals surface area (Å²) in [6, 6.07) is 4.29. The van der Waals surface area contributed by atoms with E-state index in [1.165, 1.54) is 12.1 Å². The highest BCUT2D eigenvalue weighted by Gasteiger charge is 2.32. The third-order valence-corrected chi connectivity index (χ3v) is 3.62. The Morgan fingerprint density at radius 2 is 2.24 bits per heavy atom. The second kappa shape index (κ2) is 4.74. The highest BCUT2D eigenvalue weighted by molar-refractivity contribution is 9.10. The fourth-order valence-corrected chi connectivity index (χ4v) is 2.19. The fraction of sp³-hybridized carbons (Fsp3) is 0.417. The van der Waals surface area contributed by atoms with Crippen LogP contribution in [0.5, 0.6) is 0 Å². The quantitative estimate of drug-likeness (QED) is 0.899. The van der Waals surface area contributed by atoms with Crippen molar-refractivity contribution in [3.8, 4) is 0 Å². The molecule has 1 aliphatic rings. The number of carbonyl (C=O) groups is 1. The molecule has 0 spiro atoms. The van der Waals surface area contributed by atoms with Gasteiger partial charge in [0.25, 0.3) is 5.91 Å². The number of amides is 1. The van der Waals surface area contributed by atoms with E-state index < -0.39 is 11.7 Å². The monoisotopic (exact) mass is 300 g/mol. The Kier molecular flexibility index (Phi) is 3.49. The van der Waals surface area contributed by atoms with E-state index in [2.05, 4.69) is 21.2 Å². The molecule has 3 nitrogen and oxygen atoms in total. The molecule has 0 heterocycles. The maximum atomic E-state index is 13.4. The van der Waals surface area contributed by atoms with Crippen molar-refractivity contribution in [2.45, 2.75) is 24.8 Å². The molecule has 0 bridgehead atoms. The van der Waals surface area contributed by atoms with Gasteiger partial charge >= 0.3 is 0 Å². The van der Waals surface area contributed by atoms with Gasteiger partial charge in [0.15, 0.2) is 0 Å². The summed E-state index contributed by atoms with van der Waals surface area (Å²) in [5, 5.41) is 2.68. The second-order valence-corrected chi connectivity index (χ2v) is 5.44. The maximum Gasteiger partial charge on any atom is 0.254 e. The molecule has 1 aliphatic carbocycles. The van der Waals surface area contributed by atoms with Crippen molar-refractivity contribution in [2.24, 2.45) is 5.73 Å². The van der Waals surface area contributed by atoms with Gasteiger partial charge in [0, 0.05) is 16.6 Å². The summed E-state index contributed by atoms with van der Waals surface area (Å²) in [5.41, 5.74) is 5.73. The largest absolute Gasteiger partial charge is 0.350 e. The molecule has 0 aromatic heterocycles. The molecule has 0 unspecified atom stereocenters. The summed E-state index contributed by atoms with van der Waals surface area (Å²) in [5.74, 6) is -0.939. The second-order valence-electron chi connectivity index (χ2n) is 4.52. The molecular formula is C12H14BrFN2O. The molecule has 0 atom stereocenters. The first kappa shape index (κ1) is 12.5. The third-order valence-electron chi connectivity index (χ3n) is 3.12. The lowest BCUT2D eigenvalue weighted by atomic mass is 9.78. The van der Waals surface area contributed by atoms with E-state index in [1.54, 1.807) is 6.07 Å². The number of hydrogen-bond donors (Lipinski definition) is 2. The van der Waals surface area contributed by atoms with Crippen LogP contribution in [0.4, 0.5) is 4.39 Å². The Balaban J connectivity index is 2.01. The number of nitrogens with two attached hydrogens (primary N) is 1. The minimum Gasteiger partial charge on any atom is -0.350 e. The third kappa shape index (κ3) is 2.84. The molecule has 1 aromatic carbocycles. The number of nitrogens with one attached hydrogen (secondary N) is 1. The number of carbonyl (C=O) groups excluding carboxylic acids is 1. The van der Waals surface area contributed by atoms with E-state index in [1.807, 2.05) is 0 Å². The minimum absolute atomic E-state index is 0.0438. The summed E-state index contributed by atoms with van der Waals surface area (Å²) in [4.78, 5) is 11.8. The van der Waals surface area contributed by atoms with Crippen LogP contribution in [0.25, 0.3) is 0 Å². The Labute approximate surface area is 108 Å². The molecule has 0 radical (unpaired) electrons. The standard InChI is InChI=1S/C12H14BrFN2O/c13-8-2-3-10(14)9(6-8)11(17)16-7-12(15)4-1-5-12/h2-3,6H,1,4-5,7,15H2,(H,16,17).